The highest BCUT2D eigenvalue weighted by molar-refractivity contribution is 9.10. The lowest BCUT2D eigenvalue weighted by Crippen LogP contribution is -2.30. The number of nitrogens with one attached hydrogen (secondary N) is 1. The van der Waals surface area contributed by atoms with E-state index in [1.165, 1.54) is 0 Å². The minimum absolute atomic E-state index is 0.0413. The van der Waals surface area contributed by atoms with Gasteiger partial charge in [0.15, 0.2) is 0 Å². The minimum Gasteiger partial charge on any atom is -0.330 e. The van der Waals surface area contributed by atoms with Crippen LogP contribution in [-0.4, -0.2) is 12.5 Å². The highest BCUT2D eigenvalue weighted by Crippen LogP contribution is 2.26. The van der Waals surface area contributed by atoms with Crippen LogP contribution in [0.3, 0.4) is 0 Å². The molecule has 0 aromatic heterocycles. The van der Waals surface area contributed by atoms with E-state index in [9.17, 15) is 4.79 Å². The predicted octanol–water partition coefficient (Wildman–Crippen LogP) is 3.66. The zero-order valence-corrected chi connectivity index (χ0v) is 12.9. The SMILES string of the molecule is CC(C)CC(CN)C(=O)Nc1ccc(Cl)c(Br)c1. The second kappa shape index (κ2) is 7.12. The van der Waals surface area contributed by atoms with Crippen LogP contribution in [0.15, 0.2) is 22.7 Å². The van der Waals surface area contributed by atoms with Crippen molar-refractivity contribution in [2.24, 2.45) is 17.6 Å². The number of amides is 1. The second-order valence-corrected chi connectivity index (χ2v) is 5.94. The molecular weight excluding hydrogens is 316 g/mol. The lowest BCUT2D eigenvalue weighted by atomic mass is 9.96. The molecule has 0 aliphatic carbocycles. The molecule has 18 heavy (non-hydrogen) atoms. The Morgan fingerprint density at radius 2 is 2.17 bits per heavy atom. The first-order valence-electron chi connectivity index (χ1n) is 5.90. The Hall–Kier alpha value is -0.580. The molecule has 0 aliphatic rings. The van der Waals surface area contributed by atoms with Gasteiger partial charge in [-0.3, -0.25) is 4.79 Å². The van der Waals surface area contributed by atoms with E-state index in [0.717, 1.165) is 16.6 Å². The molecule has 1 aromatic carbocycles. The molecule has 1 rings (SSSR count). The van der Waals surface area contributed by atoms with E-state index in [0.29, 0.717) is 17.5 Å². The highest BCUT2D eigenvalue weighted by atomic mass is 79.9. The van der Waals surface area contributed by atoms with Crippen LogP contribution in [0.25, 0.3) is 0 Å². The van der Waals surface area contributed by atoms with Gasteiger partial charge in [0, 0.05) is 16.7 Å². The molecule has 0 spiro atoms. The van der Waals surface area contributed by atoms with E-state index in [-0.39, 0.29) is 11.8 Å². The largest absolute Gasteiger partial charge is 0.330 e. The number of anilines is 1. The third kappa shape index (κ3) is 4.59. The lowest BCUT2D eigenvalue weighted by Gasteiger charge is -2.17. The number of hydrogen-bond donors (Lipinski definition) is 2. The van der Waals surface area contributed by atoms with E-state index in [1.807, 2.05) is 0 Å². The van der Waals surface area contributed by atoms with Crippen LogP contribution in [0, 0.1) is 11.8 Å². The monoisotopic (exact) mass is 332 g/mol. The molecular formula is C13H18BrClN2O. The molecule has 0 bridgehead atoms. The summed E-state index contributed by atoms with van der Waals surface area (Å²) in [6, 6.07) is 5.29. The van der Waals surface area contributed by atoms with Crippen LogP contribution in [0.1, 0.15) is 20.3 Å². The molecule has 0 fully saturated rings. The van der Waals surface area contributed by atoms with Crippen molar-refractivity contribution in [1.82, 2.24) is 0 Å². The first kappa shape index (κ1) is 15.5. The number of hydrogen-bond acceptors (Lipinski definition) is 2. The van der Waals surface area contributed by atoms with Crippen molar-refractivity contribution in [1.29, 1.82) is 0 Å². The molecule has 100 valence electrons. The Morgan fingerprint density at radius 1 is 1.50 bits per heavy atom. The van der Waals surface area contributed by atoms with E-state index in [1.54, 1.807) is 18.2 Å². The fourth-order valence-electron chi connectivity index (χ4n) is 1.70. The van der Waals surface area contributed by atoms with Crippen LogP contribution in [-0.2, 0) is 4.79 Å². The zero-order valence-electron chi connectivity index (χ0n) is 10.5. The number of carbonyl (C=O) groups is 1. The molecule has 0 saturated carbocycles. The van der Waals surface area contributed by atoms with Crippen molar-refractivity contribution in [2.45, 2.75) is 20.3 Å². The molecule has 3 nitrogen and oxygen atoms in total. The molecule has 0 saturated heterocycles. The summed E-state index contributed by atoms with van der Waals surface area (Å²) < 4.78 is 0.759. The summed E-state index contributed by atoms with van der Waals surface area (Å²) >= 11 is 9.22. The Labute approximate surface area is 121 Å². The van der Waals surface area contributed by atoms with Crippen molar-refractivity contribution in [2.75, 3.05) is 11.9 Å². The van der Waals surface area contributed by atoms with Gasteiger partial charge < -0.3 is 11.1 Å². The Bertz CT molecular complexity index is 423. The normalized spacial score (nSPS) is 12.6. The summed E-state index contributed by atoms with van der Waals surface area (Å²) in [5.74, 6) is 0.251. The number of halogens is 2. The van der Waals surface area contributed by atoms with Crippen molar-refractivity contribution >= 4 is 39.1 Å². The lowest BCUT2D eigenvalue weighted by molar-refractivity contribution is -0.120. The van der Waals surface area contributed by atoms with E-state index < -0.39 is 0 Å². The molecule has 5 heteroatoms. The maximum atomic E-state index is 12.0. The Balaban J connectivity index is 2.70. The fraction of sp³-hybridized carbons (Fsp3) is 0.462. The second-order valence-electron chi connectivity index (χ2n) is 4.68. The maximum Gasteiger partial charge on any atom is 0.228 e. The molecule has 1 amide bonds. The summed E-state index contributed by atoms with van der Waals surface area (Å²) in [6.07, 6.45) is 0.789. The van der Waals surface area contributed by atoms with Crippen LogP contribution < -0.4 is 11.1 Å². The first-order valence-corrected chi connectivity index (χ1v) is 7.07. The summed E-state index contributed by atoms with van der Waals surface area (Å²) in [7, 11) is 0. The molecule has 3 N–H and O–H groups in total. The van der Waals surface area contributed by atoms with Crippen LogP contribution in [0.4, 0.5) is 5.69 Å². The van der Waals surface area contributed by atoms with Gasteiger partial charge in [0.1, 0.15) is 0 Å². The van der Waals surface area contributed by atoms with Gasteiger partial charge in [-0.2, -0.15) is 0 Å². The third-order valence-corrected chi connectivity index (χ3v) is 3.81. The van der Waals surface area contributed by atoms with Gasteiger partial charge in [0.05, 0.1) is 10.9 Å². The van der Waals surface area contributed by atoms with Crippen molar-refractivity contribution < 1.29 is 4.79 Å². The van der Waals surface area contributed by atoms with Crippen LogP contribution >= 0.6 is 27.5 Å². The summed E-state index contributed by atoms with van der Waals surface area (Å²) in [5.41, 5.74) is 6.36. The van der Waals surface area contributed by atoms with Gasteiger partial charge in [-0.15, -0.1) is 0 Å². The number of carbonyl (C=O) groups excluding carboxylic acids is 1. The quantitative estimate of drug-likeness (QED) is 0.864. The third-order valence-electron chi connectivity index (χ3n) is 2.60. The van der Waals surface area contributed by atoms with E-state index >= 15 is 0 Å². The Morgan fingerprint density at radius 3 is 2.67 bits per heavy atom. The molecule has 1 atom stereocenters. The van der Waals surface area contributed by atoms with Crippen molar-refractivity contribution in [3.8, 4) is 0 Å². The van der Waals surface area contributed by atoms with Gasteiger partial charge in [-0.25, -0.2) is 0 Å². The van der Waals surface area contributed by atoms with Crippen molar-refractivity contribution in [3.05, 3.63) is 27.7 Å². The highest BCUT2D eigenvalue weighted by Gasteiger charge is 2.18. The van der Waals surface area contributed by atoms with Crippen molar-refractivity contribution in [3.63, 3.8) is 0 Å². The standard InChI is InChI=1S/C13H18BrClN2O/c1-8(2)5-9(7-16)13(18)17-10-3-4-12(15)11(14)6-10/h3-4,6,8-9H,5,7,16H2,1-2H3,(H,17,18). The van der Waals surface area contributed by atoms with E-state index in [2.05, 4.69) is 35.1 Å². The van der Waals surface area contributed by atoms with E-state index in [4.69, 9.17) is 17.3 Å². The van der Waals surface area contributed by atoms with Gasteiger partial charge in [0.25, 0.3) is 0 Å². The molecule has 0 aliphatic heterocycles. The fourth-order valence-corrected chi connectivity index (χ4v) is 2.19. The van der Waals surface area contributed by atoms with Crippen LogP contribution in [0.2, 0.25) is 5.02 Å². The summed E-state index contributed by atoms with van der Waals surface area (Å²) in [5, 5.41) is 3.48. The van der Waals surface area contributed by atoms with Gasteiger partial charge in [0.2, 0.25) is 5.91 Å². The smallest absolute Gasteiger partial charge is 0.228 e. The molecule has 0 heterocycles. The first-order chi connectivity index (χ1) is 8.43. The summed E-state index contributed by atoms with van der Waals surface area (Å²) in [6.45, 7) is 4.52. The predicted molar refractivity (Wildman–Crippen MR) is 79.8 cm³/mol. The maximum absolute atomic E-state index is 12.0. The molecule has 0 radical (unpaired) electrons. The molecule has 1 unspecified atom stereocenters. The topological polar surface area (TPSA) is 55.1 Å². The number of benzene rings is 1. The minimum atomic E-state index is -0.153. The average Bonchev–Trinajstić information content (AvgIpc) is 2.30. The Kier molecular flexibility index (Phi) is 6.12. The zero-order chi connectivity index (χ0) is 13.7. The van der Waals surface area contributed by atoms with Gasteiger partial charge in [-0.05, 0) is 46.5 Å². The van der Waals surface area contributed by atoms with Gasteiger partial charge >= 0.3 is 0 Å². The number of nitrogens with two attached hydrogens (primary N) is 1. The number of rotatable bonds is 5. The van der Waals surface area contributed by atoms with Gasteiger partial charge in [-0.1, -0.05) is 25.4 Å². The van der Waals surface area contributed by atoms with Crippen LogP contribution in [0.5, 0.6) is 0 Å². The molecule has 1 aromatic rings. The average molecular weight is 334 g/mol. The summed E-state index contributed by atoms with van der Waals surface area (Å²) in [4.78, 5) is 12.0.